The minimum atomic E-state index is -0.260. The highest BCUT2D eigenvalue weighted by atomic mass is 19.1. The summed E-state index contributed by atoms with van der Waals surface area (Å²) in [7, 11) is 0. The van der Waals surface area contributed by atoms with Gasteiger partial charge in [-0.1, -0.05) is 12.1 Å². The molecule has 4 rings (SSSR count). The van der Waals surface area contributed by atoms with E-state index in [1.807, 2.05) is 24.3 Å². The summed E-state index contributed by atoms with van der Waals surface area (Å²) < 4.78 is 26.1. The summed E-state index contributed by atoms with van der Waals surface area (Å²) >= 11 is 0. The number of carbonyl (C=O) groups excluding carboxylic acids is 1. The molecule has 0 spiro atoms. The van der Waals surface area contributed by atoms with Crippen molar-refractivity contribution in [1.29, 1.82) is 0 Å². The molecule has 2 saturated carbocycles. The summed E-state index contributed by atoms with van der Waals surface area (Å²) in [6.07, 6.45) is 5.73. The lowest BCUT2D eigenvalue weighted by Crippen LogP contribution is -2.10. The van der Waals surface area contributed by atoms with Gasteiger partial charge in [-0.2, -0.15) is 0 Å². The van der Waals surface area contributed by atoms with E-state index in [1.54, 1.807) is 19.1 Å². The molecule has 2 atom stereocenters. The molecule has 0 radical (unpaired) electrons. The molecule has 3 nitrogen and oxygen atoms in total. The minimum Gasteiger partial charge on any atom is -0.493 e. The Morgan fingerprint density at radius 1 is 1.07 bits per heavy atom. The molecule has 0 heterocycles. The van der Waals surface area contributed by atoms with Crippen LogP contribution in [-0.4, -0.2) is 18.5 Å². The van der Waals surface area contributed by atoms with Crippen molar-refractivity contribution in [1.82, 2.24) is 0 Å². The van der Waals surface area contributed by atoms with Gasteiger partial charge in [-0.15, -0.1) is 0 Å². The van der Waals surface area contributed by atoms with Crippen molar-refractivity contribution in [2.24, 2.45) is 11.8 Å². The van der Waals surface area contributed by atoms with E-state index in [2.05, 4.69) is 0 Å². The van der Waals surface area contributed by atoms with Crippen molar-refractivity contribution in [3.8, 4) is 22.6 Å². The maximum Gasteiger partial charge on any atom is 0.133 e. The van der Waals surface area contributed by atoms with Crippen LogP contribution in [0, 0.1) is 17.7 Å². The van der Waals surface area contributed by atoms with E-state index >= 15 is 0 Å². The first-order valence-electron chi connectivity index (χ1n) is 9.80. The molecular formula is C23H25FO3. The summed E-state index contributed by atoms with van der Waals surface area (Å²) in [5, 5.41) is 0. The fraction of sp³-hybridized carbons (Fsp3) is 0.435. The lowest BCUT2D eigenvalue weighted by Gasteiger charge is -2.14. The summed E-state index contributed by atoms with van der Waals surface area (Å²) in [5.41, 5.74) is 1.33. The lowest BCUT2D eigenvalue weighted by atomic mass is 10.0. The monoisotopic (exact) mass is 368 g/mol. The molecule has 2 fully saturated rings. The van der Waals surface area contributed by atoms with Crippen molar-refractivity contribution in [2.45, 2.75) is 45.1 Å². The maximum atomic E-state index is 14.3. The highest BCUT2D eigenvalue weighted by Crippen LogP contribution is 2.39. The van der Waals surface area contributed by atoms with Crippen LogP contribution in [0.25, 0.3) is 11.1 Å². The molecule has 0 N–H and O–H groups in total. The minimum absolute atomic E-state index is 0.168. The number of carbonyl (C=O) groups is 1. The number of ether oxygens (including phenoxy) is 2. The second-order valence-electron chi connectivity index (χ2n) is 7.71. The van der Waals surface area contributed by atoms with Gasteiger partial charge in [0.05, 0.1) is 12.7 Å². The van der Waals surface area contributed by atoms with Crippen LogP contribution in [0.5, 0.6) is 11.5 Å². The van der Waals surface area contributed by atoms with Gasteiger partial charge < -0.3 is 9.47 Å². The third kappa shape index (κ3) is 4.32. The Balaban J connectivity index is 1.41. The molecule has 2 aromatic rings. The molecule has 4 heteroatoms. The van der Waals surface area contributed by atoms with Crippen molar-refractivity contribution < 1.29 is 18.7 Å². The molecule has 2 unspecified atom stereocenters. The molecule has 2 aliphatic rings. The van der Waals surface area contributed by atoms with Crippen molar-refractivity contribution >= 4 is 5.78 Å². The molecule has 0 aliphatic heterocycles. The number of halogens is 1. The number of benzene rings is 2. The highest BCUT2D eigenvalue weighted by molar-refractivity contribution is 5.81. The van der Waals surface area contributed by atoms with Crippen molar-refractivity contribution in [3.05, 3.63) is 48.3 Å². The van der Waals surface area contributed by atoms with Gasteiger partial charge in [0.1, 0.15) is 23.1 Å². The van der Waals surface area contributed by atoms with Gasteiger partial charge in [-0.05, 0) is 74.9 Å². The van der Waals surface area contributed by atoms with Gasteiger partial charge >= 0.3 is 0 Å². The van der Waals surface area contributed by atoms with Gasteiger partial charge in [0, 0.05) is 17.4 Å². The zero-order valence-electron chi connectivity index (χ0n) is 15.6. The van der Waals surface area contributed by atoms with Crippen LogP contribution in [0.2, 0.25) is 0 Å². The molecule has 27 heavy (non-hydrogen) atoms. The van der Waals surface area contributed by atoms with E-state index < -0.39 is 0 Å². The van der Waals surface area contributed by atoms with E-state index in [0.717, 1.165) is 36.3 Å². The van der Waals surface area contributed by atoms with Gasteiger partial charge in [-0.3, -0.25) is 4.79 Å². The molecule has 2 aromatic carbocycles. The number of Topliss-reactive ketones (excluding diaryl/α,β-unsaturated/α-hetero) is 1. The van der Waals surface area contributed by atoms with Gasteiger partial charge in [0.15, 0.2) is 0 Å². The Kier molecular flexibility index (Phi) is 5.15. The zero-order chi connectivity index (χ0) is 18.8. The van der Waals surface area contributed by atoms with E-state index in [0.29, 0.717) is 18.1 Å². The first-order chi connectivity index (χ1) is 13.1. The van der Waals surface area contributed by atoms with E-state index in [-0.39, 0.29) is 23.6 Å². The van der Waals surface area contributed by atoms with Crippen molar-refractivity contribution in [2.75, 3.05) is 6.61 Å². The summed E-state index contributed by atoms with van der Waals surface area (Å²) in [5.74, 6) is 1.96. The molecule has 0 bridgehead atoms. The van der Waals surface area contributed by atoms with Crippen LogP contribution in [0.1, 0.15) is 39.0 Å². The van der Waals surface area contributed by atoms with Gasteiger partial charge in [0.25, 0.3) is 0 Å². The average Bonchev–Trinajstić information content (AvgIpc) is 3.29. The normalized spacial score (nSPS) is 21.9. The SMILES string of the molecule is CC(=O)C1CC1COc1ccc(-c2cc(OC3CCCC3)ccc2F)cc1. The van der Waals surface area contributed by atoms with Crippen molar-refractivity contribution in [3.63, 3.8) is 0 Å². The smallest absolute Gasteiger partial charge is 0.133 e. The Labute approximate surface area is 159 Å². The topological polar surface area (TPSA) is 35.5 Å². The summed E-state index contributed by atoms with van der Waals surface area (Å²) in [6.45, 7) is 2.20. The number of hydrogen-bond acceptors (Lipinski definition) is 3. The summed E-state index contributed by atoms with van der Waals surface area (Å²) in [4.78, 5) is 11.3. The van der Waals surface area contributed by atoms with Gasteiger partial charge in [-0.25, -0.2) is 4.39 Å². The molecule has 142 valence electrons. The quantitative estimate of drug-likeness (QED) is 0.655. The van der Waals surface area contributed by atoms with E-state index in [4.69, 9.17) is 9.47 Å². The number of ketones is 1. The van der Waals surface area contributed by atoms with Crippen LogP contribution in [0.15, 0.2) is 42.5 Å². The Hall–Kier alpha value is -2.36. The second kappa shape index (κ2) is 7.71. The molecule has 2 aliphatic carbocycles. The fourth-order valence-electron chi connectivity index (χ4n) is 3.86. The largest absolute Gasteiger partial charge is 0.493 e. The van der Waals surface area contributed by atoms with Crippen LogP contribution in [0.3, 0.4) is 0 Å². The van der Waals surface area contributed by atoms with E-state index in [9.17, 15) is 9.18 Å². The van der Waals surface area contributed by atoms with Gasteiger partial charge in [0.2, 0.25) is 0 Å². The first kappa shape index (κ1) is 18.0. The highest BCUT2D eigenvalue weighted by Gasteiger charge is 2.41. The molecular weight excluding hydrogens is 343 g/mol. The molecule has 0 saturated heterocycles. The number of hydrogen-bond donors (Lipinski definition) is 0. The predicted molar refractivity (Wildman–Crippen MR) is 102 cm³/mol. The Bertz CT molecular complexity index is 809. The van der Waals surface area contributed by atoms with Crippen LogP contribution in [0.4, 0.5) is 4.39 Å². The fourth-order valence-corrected chi connectivity index (χ4v) is 3.86. The summed E-state index contributed by atoms with van der Waals surface area (Å²) in [6, 6.07) is 12.4. The van der Waals surface area contributed by atoms with Crippen LogP contribution in [-0.2, 0) is 4.79 Å². The average molecular weight is 368 g/mol. The first-order valence-corrected chi connectivity index (χ1v) is 9.80. The molecule has 0 aromatic heterocycles. The number of rotatable bonds is 7. The maximum absolute atomic E-state index is 14.3. The second-order valence-corrected chi connectivity index (χ2v) is 7.71. The van der Waals surface area contributed by atoms with Crippen LogP contribution >= 0.6 is 0 Å². The molecule has 0 amide bonds. The Morgan fingerprint density at radius 2 is 1.78 bits per heavy atom. The Morgan fingerprint density at radius 3 is 2.44 bits per heavy atom. The van der Waals surface area contributed by atoms with Crippen LogP contribution < -0.4 is 9.47 Å². The third-order valence-corrected chi connectivity index (χ3v) is 5.62. The predicted octanol–water partition coefficient (Wildman–Crippen LogP) is 5.42. The third-order valence-electron chi connectivity index (χ3n) is 5.62. The lowest BCUT2D eigenvalue weighted by molar-refractivity contribution is -0.118. The standard InChI is InChI=1S/C23H25FO3/c1-15(25)21-12-17(21)14-26-18-8-6-16(7-9-18)22-13-20(10-11-23(22)24)27-19-4-2-3-5-19/h6-11,13,17,19,21H,2-5,12,14H2,1H3. The zero-order valence-corrected chi connectivity index (χ0v) is 15.6. The van der Waals surface area contributed by atoms with E-state index in [1.165, 1.54) is 18.9 Å².